The summed E-state index contributed by atoms with van der Waals surface area (Å²) in [5.74, 6) is -0.676. The predicted octanol–water partition coefficient (Wildman–Crippen LogP) is 3.14. The third kappa shape index (κ3) is 3.26. The van der Waals surface area contributed by atoms with Gasteiger partial charge in [-0.05, 0) is 42.4 Å². The van der Waals surface area contributed by atoms with Gasteiger partial charge in [0.2, 0.25) is 0 Å². The van der Waals surface area contributed by atoms with Crippen LogP contribution in [0.5, 0.6) is 0 Å². The zero-order valence-corrected chi connectivity index (χ0v) is 12.9. The predicted molar refractivity (Wildman–Crippen MR) is 81.4 cm³/mol. The average Bonchev–Trinajstić information content (AvgIpc) is 2.46. The quantitative estimate of drug-likeness (QED) is 0.930. The zero-order valence-electron chi connectivity index (χ0n) is 12.9. The molecule has 1 aromatic rings. The van der Waals surface area contributed by atoms with Crippen LogP contribution in [0.15, 0.2) is 24.3 Å². The molecule has 0 aromatic heterocycles. The summed E-state index contributed by atoms with van der Waals surface area (Å²) in [5, 5.41) is 9.40. The van der Waals surface area contributed by atoms with Crippen molar-refractivity contribution in [3.63, 3.8) is 0 Å². The molecule has 1 fully saturated rings. The SMILES string of the molecule is CC(C)c1ccc(C(=O)N2CCCC(C)C2C(=O)O)cc1. The maximum absolute atomic E-state index is 12.6. The van der Waals surface area contributed by atoms with Crippen LogP contribution < -0.4 is 0 Å². The maximum atomic E-state index is 12.6. The zero-order chi connectivity index (χ0) is 15.6. The van der Waals surface area contributed by atoms with E-state index in [4.69, 9.17) is 0 Å². The van der Waals surface area contributed by atoms with Crippen molar-refractivity contribution in [1.29, 1.82) is 0 Å². The molecule has 2 unspecified atom stereocenters. The van der Waals surface area contributed by atoms with Gasteiger partial charge in [-0.25, -0.2) is 4.79 Å². The van der Waals surface area contributed by atoms with Crippen molar-refractivity contribution >= 4 is 11.9 Å². The Hall–Kier alpha value is -1.84. The van der Waals surface area contributed by atoms with Crippen molar-refractivity contribution in [3.8, 4) is 0 Å². The van der Waals surface area contributed by atoms with Gasteiger partial charge in [-0.2, -0.15) is 0 Å². The van der Waals surface area contributed by atoms with Crippen LogP contribution in [0.2, 0.25) is 0 Å². The minimum absolute atomic E-state index is 0.00450. The lowest BCUT2D eigenvalue weighted by Gasteiger charge is -2.37. The molecule has 4 nitrogen and oxygen atoms in total. The van der Waals surface area contributed by atoms with Crippen LogP contribution in [0.3, 0.4) is 0 Å². The molecule has 1 saturated heterocycles. The summed E-state index contributed by atoms with van der Waals surface area (Å²) in [6.45, 7) is 6.62. The lowest BCUT2D eigenvalue weighted by Crippen LogP contribution is -2.51. The first kappa shape index (κ1) is 15.5. The number of nitrogens with zero attached hydrogens (tertiary/aromatic N) is 1. The van der Waals surface area contributed by atoms with E-state index in [1.807, 2.05) is 19.1 Å². The van der Waals surface area contributed by atoms with Crippen molar-refractivity contribution in [3.05, 3.63) is 35.4 Å². The number of benzene rings is 1. The van der Waals surface area contributed by atoms with E-state index in [0.717, 1.165) is 12.8 Å². The van der Waals surface area contributed by atoms with Gasteiger partial charge in [0.05, 0.1) is 0 Å². The topological polar surface area (TPSA) is 57.6 Å². The number of carbonyl (C=O) groups excluding carboxylic acids is 1. The van der Waals surface area contributed by atoms with E-state index in [2.05, 4.69) is 13.8 Å². The van der Waals surface area contributed by atoms with Crippen LogP contribution in [0.1, 0.15) is 55.5 Å². The second-order valence-corrected chi connectivity index (χ2v) is 6.18. The summed E-state index contributed by atoms with van der Waals surface area (Å²) in [6, 6.07) is 6.78. The van der Waals surface area contributed by atoms with Crippen LogP contribution >= 0.6 is 0 Å². The van der Waals surface area contributed by atoms with Crippen LogP contribution in [-0.2, 0) is 4.79 Å². The number of carboxylic acid groups (broad SMARTS) is 1. The van der Waals surface area contributed by atoms with E-state index < -0.39 is 12.0 Å². The Kier molecular flexibility index (Phi) is 4.66. The molecule has 2 atom stereocenters. The molecule has 1 aliphatic heterocycles. The Morgan fingerprint density at radius 1 is 1.24 bits per heavy atom. The van der Waals surface area contributed by atoms with Gasteiger partial charge < -0.3 is 10.0 Å². The minimum atomic E-state index is -0.908. The van der Waals surface area contributed by atoms with Crippen LogP contribution in [-0.4, -0.2) is 34.5 Å². The second kappa shape index (κ2) is 6.29. The molecule has 1 aliphatic rings. The fraction of sp³-hybridized carbons (Fsp3) is 0.529. The molecule has 0 spiro atoms. The number of hydrogen-bond donors (Lipinski definition) is 1. The number of rotatable bonds is 3. The Morgan fingerprint density at radius 3 is 2.38 bits per heavy atom. The highest BCUT2D eigenvalue weighted by Crippen LogP contribution is 2.25. The van der Waals surface area contributed by atoms with Gasteiger partial charge in [-0.1, -0.05) is 32.9 Å². The maximum Gasteiger partial charge on any atom is 0.326 e. The van der Waals surface area contributed by atoms with Crippen molar-refractivity contribution in [2.75, 3.05) is 6.54 Å². The van der Waals surface area contributed by atoms with E-state index in [0.29, 0.717) is 18.0 Å². The third-order valence-corrected chi connectivity index (χ3v) is 4.27. The summed E-state index contributed by atoms with van der Waals surface area (Å²) >= 11 is 0. The normalized spacial score (nSPS) is 22.4. The van der Waals surface area contributed by atoms with Crippen LogP contribution in [0.25, 0.3) is 0 Å². The van der Waals surface area contributed by atoms with E-state index in [1.54, 1.807) is 12.1 Å². The fourth-order valence-electron chi connectivity index (χ4n) is 2.97. The number of likely N-dealkylation sites (tertiary alicyclic amines) is 1. The van der Waals surface area contributed by atoms with E-state index in [1.165, 1.54) is 10.5 Å². The largest absolute Gasteiger partial charge is 0.480 e. The molecule has 0 saturated carbocycles. The Morgan fingerprint density at radius 2 is 1.86 bits per heavy atom. The number of piperidine rings is 1. The summed E-state index contributed by atoms with van der Waals surface area (Å²) in [5.41, 5.74) is 1.74. The van der Waals surface area contributed by atoms with Crippen molar-refractivity contribution in [1.82, 2.24) is 4.90 Å². The Labute approximate surface area is 125 Å². The first-order valence-electron chi connectivity index (χ1n) is 7.55. The molecule has 21 heavy (non-hydrogen) atoms. The molecule has 2 rings (SSSR count). The minimum Gasteiger partial charge on any atom is -0.480 e. The van der Waals surface area contributed by atoms with Crippen molar-refractivity contribution in [2.24, 2.45) is 5.92 Å². The van der Waals surface area contributed by atoms with E-state index in [9.17, 15) is 14.7 Å². The monoisotopic (exact) mass is 289 g/mol. The lowest BCUT2D eigenvalue weighted by molar-refractivity contribution is -0.145. The van der Waals surface area contributed by atoms with Gasteiger partial charge in [0.25, 0.3) is 5.91 Å². The molecule has 4 heteroatoms. The highest BCUT2D eigenvalue weighted by Gasteiger charge is 2.37. The summed E-state index contributed by atoms with van der Waals surface area (Å²) in [6.07, 6.45) is 1.72. The molecule has 0 bridgehead atoms. The van der Waals surface area contributed by atoms with Crippen molar-refractivity contribution in [2.45, 2.75) is 45.6 Å². The summed E-state index contributed by atoms with van der Waals surface area (Å²) in [7, 11) is 0. The van der Waals surface area contributed by atoms with E-state index in [-0.39, 0.29) is 11.8 Å². The molecular formula is C17H23NO3. The van der Waals surface area contributed by atoms with Crippen molar-refractivity contribution < 1.29 is 14.7 Å². The molecular weight excluding hydrogens is 266 g/mol. The Bertz CT molecular complexity index is 521. The third-order valence-electron chi connectivity index (χ3n) is 4.27. The van der Waals surface area contributed by atoms with Gasteiger partial charge >= 0.3 is 5.97 Å². The number of carbonyl (C=O) groups is 2. The standard InChI is InChI=1S/C17H23NO3/c1-11(2)13-6-8-14(9-7-13)16(19)18-10-4-5-12(3)15(18)17(20)21/h6-9,11-12,15H,4-5,10H2,1-3H3,(H,20,21). The van der Waals surface area contributed by atoms with Gasteiger partial charge in [0.1, 0.15) is 6.04 Å². The highest BCUT2D eigenvalue weighted by molar-refractivity contribution is 5.96. The number of carboxylic acids is 1. The smallest absolute Gasteiger partial charge is 0.326 e. The van der Waals surface area contributed by atoms with Gasteiger partial charge in [0.15, 0.2) is 0 Å². The van der Waals surface area contributed by atoms with Gasteiger partial charge in [-0.15, -0.1) is 0 Å². The number of aliphatic carboxylic acids is 1. The first-order valence-corrected chi connectivity index (χ1v) is 7.55. The summed E-state index contributed by atoms with van der Waals surface area (Å²) in [4.78, 5) is 25.6. The number of hydrogen-bond acceptors (Lipinski definition) is 2. The molecule has 1 N–H and O–H groups in total. The van der Waals surface area contributed by atoms with Gasteiger partial charge in [-0.3, -0.25) is 4.79 Å². The fourth-order valence-corrected chi connectivity index (χ4v) is 2.97. The molecule has 1 amide bonds. The average molecular weight is 289 g/mol. The molecule has 1 heterocycles. The second-order valence-electron chi connectivity index (χ2n) is 6.18. The lowest BCUT2D eigenvalue weighted by atomic mass is 9.90. The molecule has 114 valence electrons. The summed E-state index contributed by atoms with van der Waals surface area (Å²) < 4.78 is 0. The Balaban J connectivity index is 2.23. The molecule has 0 radical (unpaired) electrons. The van der Waals surface area contributed by atoms with Crippen LogP contribution in [0, 0.1) is 5.92 Å². The first-order chi connectivity index (χ1) is 9.91. The molecule has 0 aliphatic carbocycles. The number of amides is 1. The van der Waals surface area contributed by atoms with Crippen LogP contribution in [0.4, 0.5) is 0 Å². The highest BCUT2D eigenvalue weighted by atomic mass is 16.4. The van der Waals surface area contributed by atoms with E-state index >= 15 is 0 Å². The molecule has 1 aromatic carbocycles. The van der Waals surface area contributed by atoms with Gasteiger partial charge in [0, 0.05) is 12.1 Å².